The number of carbonyl (C=O) groups excluding carboxylic acids is 1. The fourth-order valence-electron chi connectivity index (χ4n) is 2.84. The number of sulfonamides is 1. The Morgan fingerprint density at radius 1 is 1.06 bits per heavy atom. The molecule has 32 heavy (non-hydrogen) atoms. The number of hydrazine groups is 1. The Kier molecular flexibility index (Phi) is 6.85. The van der Waals surface area contributed by atoms with Gasteiger partial charge >= 0.3 is 5.97 Å². The number of benzene rings is 2. The molecule has 3 N–H and O–H groups in total. The number of ether oxygens (including phenoxy) is 4. The van der Waals surface area contributed by atoms with E-state index in [9.17, 15) is 18.0 Å². The minimum Gasteiger partial charge on any atom is -0.493 e. The lowest BCUT2D eigenvalue weighted by molar-refractivity contribution is -0.131. The van der Waals surface area contributed by atoms with E-state index < -0.39 is 21.9 Å². The summed E-state index contributed by atoms with van der Waals surface area (Å²) in [5, 5.41) is 8.82. The first-order chi connectivity index (χ1) is 15.2. The van der Waals surface area contributed by atoms with Crippen molar-refractivity contribution >= 4 is 28.0 Å². The van der Waals surface area contributed by atoms with E-state index in [-0.39, 0.29) is 27.5 Å². The minimum absolute atomic E-state index is 0.0542. The number of methoxy groups -OCH3 is 2. The van der Waals surface area contributed by atoms with Crippen molar-refractivity contribution in [1.82, 2.24) is 10.3 Å². The molecule has 170 valence electrons. The third-order valence-corrected chi connectivity index (χ3v) is 5.53. The molecule has 12 heteroatoms. The first kappa shape index (κ1) is 22.9. The number of fused-ring (bicyclic) bond motifs is 1. The zero-order chi connectivity index (χ0) is 23.3. The summed E-state index contributed by atoms with van der Waals surface area (Å²) < 4.78 is 46.9. The number of carbonyl (C=O) groups is 2. The Morgan fingerprint density at radius 2 is 1.78 bits per heavy atom. The van der Waals surface area contributed by atoms with Gasteiger partial charge in [-0.3, -0.25) is 10.2 Å². The van der Waals surface area contributed by atoms with Crippen LogP contribution in [0.4, 0.5) is 0 Å². The molecular weight excluding hydrogens is 444 g/mol. The van der Waals surface area contributed by atoms with Crippen LogP contribution < -0.4 is 29.2 Å². The second-order valence-corrected chi connectivity index (χ2v) is 8.00. The van der Waals surface area contributed by atoms with Gasteiger partial charge in [-0.05, 0) is 42.0 Å². The van der Waals surface area contributed by atoms with Gasteiger partial charge in [0, 0.05) is 11.6 Å². The van der Waals surface area contributed by atoms with Crippen LogP contribution in [0.3, 0.4) is 0 Å². The number of rotatable bonds is 8. The van der Waals surface area contributed by atoms with Crippen LogP contribution in [0.5, 0.6) is 23.0 Å². The fraction of sp³-hybridized carbons (Fsp3) is 0.200. The Morgan fingerprint density at radius 3 is 2.44 bits per heavy atom. The van der Waals surface area contributed by atoms with Gasteiger partial charge in [-0.25, -0.2) is 13.2 Å². The molecule has 2 aromatic rings. The maximum absolute atomic E-state index is 12.9. The first-order valence-electron chi connectivity index (χ1n) is 9.14. The molecular formula is C20H20N2O9S. The summed E-state index contributed by atoms with van der Waals surface area (Å²) in [7, 11) is -1.79. The van der Waals surface area contributed by atoms with E-state index in [0.717, 1.165) is 6.08 Å². The number of hydrogen-bond acceptors (Lipinski definition) is 8. The molecule has 0 fully saturated rings. The van der Waals surface area contributed by atoms with Crippen molar-refractivity contribution in [2.24, 2.45) is 0 Å². The predicted octanol–water partition coefficient (Wildman–Crippen LogP) is 1.20. The second kappa shape index (κ2) is 9.58. The Labute approximate surface area is 183 Å². The third kappa shape index (κ3) is 5.10. The molecule has 3 rings (SSSR count). The highest BCUT2D eigenvalue weighted by atomic mass is 32.2. The lowest BCUT2D eigenvalue weighted by Gasteiger charge is -2.19. The molecule has 0 aliphatic carbocycles. The molecule has 0 saturated carbocycles. The minimum atomic E-state index is -4.34. The second-order valence-electron chi connectivity index (χ2n) is 6.34. The van der Waals surface area contributed by atoms with Crippen molar-refractivity contribution in [2.45, 2.75) is 4.90 Å². The van der Waals surface area contributed by atoms with E-state index in [2.05, 4.69) is 5.43 Å². The summed E-state index contributed by atoms with van der Waals surface area (Å²) in [6, 6.07) is 7.02. The van der Waals surface area contributed by atoms with Crippen molar-refractivity contribution in [2.75, 3.05) is 27.4 Å². The van der Waals surface area contributed by atoms with Crippen LogP contribution in [0.1, 0.15) is 15.9 Å². The van der Waals surface area contributed by atoms with Crippen LogP contribution in [0.25, 0.3) is 6.08 Å². The first-order valence-corrected chi connectivity index (χ1v) is 10.6. The van der Waals surface area contributed by atoms with Gasteiger partial charge in [0.1, 0.15) is 18.1 Å². The Balaban J connectivity index is 1.86. The summed E-state index contributed by atoms with van der Waals surface area (Å²) in [4.78, 5) is 24.9. The van der Waals surface area contributed by atoms with Crippen LogP contribution in [0.15, 0.2) is 41.3 Å². The van der Waals surface area contributed by atoms with E-state index in [4.69, 9.17) is 24.1 Å². The number of carboxylic acids is 1. The van der Waals surface area contributed by atoms with Crippen LogP contribution >= 0.6 is 0 Å². The van der Waals surface area contributed by atoms with E-state index in [1.54, 1.807) is 6.07 Å². The van der Waals surface area contributed by atoms with E-state index in [0.29, 0.717) is 24.7 Å². The van der Waals surface area contributed by atoms with Crippen LogP contribution in [0.2, 0.25) is 0 Å². The van der Waals surface area contributed by atoms with Gasteiger partial charge < -0.3 is 24.1 Å². The normalized spacial score (nSPS) is 12.9. The summed E-state index contributed by atoms with van der Waals surface area (Å²) in [6.45, 7) is 0.726. The third-order valence-electron chi connectivity index (χ3n) is 4.28. The van der Waals surface area contributed by atoms with Gasteiger partial charge in [0.25, 0.3) is 15.9 Å². The standard InChI is InChI=1S/C20H20N2O9S/c1-28-16-9-12(3-6-18(23)24)10-17(19(16)29-2)32(26,27)22-21-20(25)13-4-5-14-15(11-13)31-8-7-30-14/h3-6,9-11,22H,7-8H2,1-2H3,(H,21,25)(H,23,24)/b6-3+. The number of amides is 1. The van der Waals surface area contributed by atoms with Crippen LogP contribution in [-0.4, -0.2) is 52.8 Å². The van der Waals surface area contributed by atoms with Crippen molar-refractivity contribution in [1.29, 1.82) is 0 Å². The quantitative estimate of drug-likeness (QED) is 0.387. The number of aliphatic carboxylic acids is 1. The summed E-state index contributed by atoms with van der Waals surface area (Å²) in [6.07, 6.45) is 2.03. The lowest BCUT2D eigenvalue weighted by atomic mass is 10.2. The smallest absolute Gasteiger partial charge is 0.328 e. The molecule has 1 aliphatic rings. The van der Waals surface area contributed by atoms with Gasteiger partial charge in [-0.1, -0.05) is 0 Å². The summed E-state index contributed by atoms with van der Waals surface area (Å²) in [5.74, 6) is -1.17. The van der Waals surface area contributed by atoms with Gasteiger partial charge in [0.15, 0.2) is 23.0 Å². The number of hydrogen-bond donors (Lipinski definition) is 3. The van der Waals surface area contributed by atoms with E-state index in [1.165, 1.54) is 44.6 Å². The molecule has 0 bridgehead atoms. The highest BCUT2D eigenvalue weighted by Crippen LogP contribution is 2.36. The average Bonchev–Trinajstić information content (AvgIpc) is 2.80. The van der Waals surface area contributed by atoms with Crippen molar-refractivity contribution < 1.29 is 42.1 Å². The maximum atomic E-state index is 12.9. The molecule has 0 radical (unpaired) electrons. The molecule has 11 nitrogen and oxygen atoms in total. The summed E-state index contributed by atoms with van der Waals surface area (Å²) >= 11 is 0. The van der Waals surface area contributed by atoms with Gasteiger partial charge in [0.05, 0.1) is 14.2 Å². The number of nitrogens with one attached hydrogen (secondary N) is 2. The molecule has 0 saturated heterocycles. The van der Waals surface area contributed by atoms with Crippen molar-refractivity contribution in [3.8, 4) is 23.0 Å². The fourth-order valence-corrected chi connectivity index (χ4v) is 3.89. The molecule has 0 atom stereocenters. The van der Waals surface area contributed by atoms with Crippen molar-refractivity contribution in [3.05, 3.63) is 47.5 Å². The number of carboxylic acid groups (broad SMARTS) is 1. The zero-order valence-electron chi connectivity index (χ0n) is 17.1. The largest absolute Gasteiger partial charge is 0.493 e. The molecule has 0 spiro atoms. The molecule has 1 amide bonds. The zero-order valence-corrected chi connectivity index (χ0v) is 17.9. The Bertz CT molecular complexity index is 1180. The highest BCUT2D eigenvalue weighted by molar-refractivity contribution is 7.89. The average molecular weight is 464 g/mol. The lowest BCUT2D eigenvalue weighted by Crippen LogP contribution is -2.41. The van der Waals surface area contributed by atoms with E-state index >= 15 is 0 Å². The van der Waals surface area contributed by atoms with Crippen molar-refractivity contribution in [3.63, 3.8) is 0 Å². The van der Waals surface area contributed by atoms with Crippen LogP contribution in [-0.2, 0) is 14.8 Å². The SMILES string of the molecule is COc1cc(/C=C/C(=O)O)cc(S(=O)(=O)NNC(=O)c2ccc3c(c2)OCCO3)c1OC. The van der Waals surface area contributed by atoms with E-state index in [1.807, 2.05) is 4.83 Å². The van der Waals surface area contributed by atoms with Gasteiger partial charge in [-0.15, -0.1) is 4.83 Å². The molecule has 0 aromatic heterocycles. The molecule has 1 heterocycles. The predicted molar refractivity (Wildman–Crippen MR) is 111 cm³/mol. The molecule has 1 aliphatic heterocycles. The molecule has 0 unspecified atom stereocenters. The van der Waals surface area contributed by atoms with Gasteiger partial charge in [0.2, 0.25) is 0 Å². The Hall–Kier alpha value is -3.77. The summed E-state index contributed by atoms with van der Waals surface area (Å²) in [5.41, 5.74) is 2.49. The maximum Gasteiger partial charge on any atom is 0.328 e. The topological polar surface area (TPSA) is 149 Å². The highest BCUT2D eigenvalue weighted by Gasteiger charge is 2.25. The van der Waals surface area contributed by atoms with Gasteiger partial charge in [-0.2, -0.15) is 0 Å². The monoisotopic (exact) mass is 464 g/mol. The molecule has 2 aromatic carbocycles. The van der Waals surface area contributed by atoms with Crippen LogP contribution in [0, 0.1) is 0 Å².